The number of hydrogen-bond acceptors (Lipinski definition) is 3. The van der Waals surface area contributed by atoms with E-state index in [2.05, 4.69) is 5.32 Å². The van der Waals surface area contributed by atoms with E-state index in [1.165, 1.54) is 17.7 Å². The van der Waals surface area contributed by atoms with Gasteiger partial charge in [-0.05, 0) is 86.4 Å². The summed E-state index contributed by atoms with van der Waals surface area (Å²) in [6.45, 7) is 0. The lowest BCUT2D eigenvalue weighted by atomic mass is 10.2. The third-order valence-corrected chi connectivity index (χ3v) is 5.72. The van der Waals surface area contributed by atoms with Gasteiger partial charge in [-0.15, -0.1) is 11.8 Å². The van der Waals surface area contributed by atoms with Crippen molar-refractivity contribution in [3.8, 4) is 5.75 Å². The maximum Gasteiger partial charge on any atom is 0.224 e. The molecule has 1 saturated carbocycles. The number of carbonyl (C=O) groups excluding carboxylic acids is 1. The molecular formula is C21H24ClNO2S. The molecule has 0 unspecified atom stereocenters. The van der Waals surface area contributed by atoms with E-state index in [9.17, 15) is 4.79 Å². The summed E-state index contributed by atoms with van der Waals surface area (Å²) in [4.78, 5) is 13.2. The predicted molar refractivity (Wildman–Crippen MR) is 109 cm³/mol. The molecule has 2 aromatic carbocycles. The van der Waals surface area contributed by atoms with Gasteiger partial charge in [0.1, 0.15) is 5.75 Å². The highest BCUT2D eigenvalue weighted by molar-refractivity contribution is 7.99. The van der Waals surface area contributed by atoms with E-state index < -0.39 is 0 Å². The van der Waals surface area contributed by atoms with Crippen molar-refractivity contribution in [2.75, 3.05) is 11.1 Å². The molecule has 0 saturated heterocycles. The van der Waals surface area contributed by atoms with Gasteiger partial charge in [0.25, 0.3) is 0 Å². The summed E-state index contributed by atoms with van der Waals surface area (Å²) < 4.78 is 5.94. The number of rotatable bonds is 8. The molecule has 1 amide bonds. The third kappa shape index (κ3) is 6.26. The van der Waals surface area contributed by atoms with Gasteiger partial charge in [-0.3, -0.25) is 4.79 Å². The van der Waals surface area contributed by atoms with E-state index in [1.54, 1.807) is 11.8 Å². The molecule has 5 heteroatoms. The largest absolute Gasteiger partial charge is 0.490 e. The molecule has 0 spiro atoms. The average molecular weight is 390 g/mol. The summed E-state index contributed by atoms with van der Waals surface area (Å²) in [7, 11) is 0. The molecule has 0 aromatic heterocycles. The molecule has 2 aromatic rings. The molecular weight excluding hydrogens is 366 g/mol. The van der Waals surface area contributed by atoms with Gasteiger partial charge in [0, 0.05) is 22.0 Å². The number of nitrogens with one attached hydrogen (secondary N) is 1. The van der Waals surface area contributed by atoms with Crippen LogP contribution in [0.2, 0.25) is 5.02 Å². The lowest BCUT2D eigenvalue weighted by molar-refractivity contribution is -0.116. The summed E-state index contributed by atoms with van der Waals surface area (Å²) in [5, 5.41) is 3.69. The van der Waals surface area contributed by atoms with Crippen LogP contribution >= 0.6 is 23.4 Å². The number of amides is 1. The molecule has 0 aliphatic heterocycles. The van der Waals surface area contributed by atoms with Gasteiger partial charge < -0.3 is 10.1 Å². The molecule has 138 valence electrons. The minimum atomic E-state index is 0.0474. The van der Waals surface area contributed by atoms with Crippen LogP contribution in [0.4, 0.5) is 5.69 Å². The van der Waals surface area contributed by atoms with Crippen LogP contribution in [-0.2, 0) is 4.79 Å². The second-order valence-electron chi connectivity index (χ2n) is 6.50. The van der Waals surface area contributed by atoms with Crippen molar-refractivity contribution >= 4 is 35.0 Å². The molecule has 1 aliphatic carbocycles. The van der Waals surface area contributed by atoms with E-state index in [1.807, 2.05) is 48.5 Å². The zero-order valence-electron chi connectivity index (χ0n) is 14.7. The lowest BCUT2D eigenvalue weighted by Crippen LogP contribution is -2.12. The summed E-state index contributed by atoms with van der Waals surface area (Å²) in [5.41, 5.74) is 0.819. The minimum absolute atomic E-state index is 0.0474. The summed E-state index contributed by atoms with van der Waals surface area (Å²) >= 11 is 7.61. The second kappa shape index (κ2) is 9.89. The van der Waals surface area contributed by atoms with Crippen LogP contribution in [-0.4, -0.2) is 17.8 Å². The number of thioether (sulfide) groups is 1. The Balaban J connectivity index is 1.35. The lowest BCUT2D eigenvalue weighted by Gasteiger charge is -2.13. The van der Waals surface area contributed by atoms with Crippen LogP contribution in [0, 0.1) is 0 Å². The fourth-order valence-corrected chi connectivity index (χ4v) is 3.97. The molecule has 1 N–H and O–H groups in total. The smallest absolute Gasteiger partial charge is 0.224 e. The first-order chi connectivity index (χ1) is 12.7. The van der Waals surface area contributed by atoms with Crippen molar-refractivity contribution in [3.63, 3.8) is 0 Å². The number of halogens is 1. The molecule has 1 fully saturated rings. The first kappa shape index (κ1) is 19.1. The fourth-order valence-electron chi connectivity index (χ4n) is 2.99. The van der Waals surface area contributed by atoms with E-state index in [-0.39, 0.29) is 5.91 Å². The maximum absolute atomic E-state index is 12.1. The number of carbonyl (C=O) groups is 1. The van der Waals surface area contributed by atoms with Gasteiger partial charge in [0.05, 0.1) is 6.10 Å². The zero-order chi connectivity index (χ0) is 18.2. The Kier molecular flexibility index (Phi) is 7.27. The zero-order valence-corrected chi connectivity index (χ0v) is 16.3. The van der Waals surface area contributed by atoms with E-state index >= 15 is 0 Å². The molecule has 0 radical (unpaired) electrons. The highest BCUT2D eigenvalue weighted by Crippen LogP contribution is 2.25. The van der Waals surface area contributed by atoms with E-state index in [4.69, 9.17) is 16.3 Å². The van der Waals surface area contributed by atoms with E-state index in [0.29, 0.717) is 12.5 Å². The van der Waals surface area contributed by atoms with Gasteiger partial charge in [-0.25, -0.2) is 0 Å². The normalized spacial score (nSPS) is 14.3. The van der Waals surface area contributed by atoms with Gasteiger partial charge in [-0.1, -0.05) is 11.6 Å². The third-order valence-electron chi connectivity index (χ3n) is 4.37. The topological polar surface area (TPSA) is 38.3 Å². The Morgan fingerprint density at radius 2 is 1.77 bits per heavy atom. The highest BCUT2D eigenvalue weighted by Gasteiger charge is 2.16. The number of anilines is 1. The predicted octanol–water partition coefficient (Wildman–Crippen LogP) is 6.17. The van der Waals surface area contributed by atoms with Crippen LogP contribution in [0.3, 0.4) is 0 Å². The van der Waals surface area contributed by atoms with Crippen molar-refractivity contribution in [1.82, 2.24) is 0 Å². The Bertz CT molecular complexity index is 697. The fraction of sp³-hybridized carbons (Fsp3) is 0.381. The van der Waals surface area contributed by atoms with Crippen molar-refractivity contribution in [2.45, 2.75) is 49.5 Å². The SMILES string of the molecule is O=C(CCCSc1ccc(Cl)cc1)Nc1ccc(OC2CCCC2)cc1. The molecule has 3 nitrogen and oxygen atoms in total. The first-order valence-electron chi connectivity index (χ1n) is 9.14. The summed E-state index contributed by atoms with van der Waals surface area (Å²) in [6.07, 6.45) is 6.51. The Labute approximate surface area is 164 Å². The standard InChI is InChI=1S/C21H24ClNO2S/c22-16-7-13-20(14-8-16)26-15-3-6-21(24)23-17-9-11-19(12-10-17)25-18-4-1-2-5-18/h7-14,18H,1-6,15H2,(H,23,24). The van der Waals surface area contributed by atoms with Crippen LogP contribution < -0.4 is 10.1 Å². The van der Waals surface area contributed by atoms with Gasteiger partial charge in [0.15, 0.2) is 0 Å². The van der Waals surface area contributed by atoms with Crippen molar-refractivity contribution in [1.29, 1.82) is 0 Å². The quantitative estimate of drug-likeness (QED) is 0.433. The summed E-state index contributed by atoms with van der Waals surface area (Å²) in [6, 6.07) is 15.5. The molecule has 26 heavy (non-hydrogen) atoms. The summed E-state index contributed by atoms with van der Waals surface area (Å²) in [5.74, 6) is 1.84. The van der Waals surface area contributed by atoms with Crippen LogP contribution in [0.1, 0.15) is 38.5 Å². The minimum Gasteiger partial charge on any atom is -0.490 e. The molecule has 0 bridgehead atoms. The number of ether oxygens (including phenoxy) is 1. The van der Waals surface area contributed by atoms with Gasteiger partial charge in [0.2, 0.25) is 5.91 Å². The Morgan fingerprint density at radius 3 is 2.46 bits per heavy atom. The molecule has 0 heterocycles. The van der Waals surface area contributed by atoms with Crippen molar-refractivity contribution < 1.29 is 9.53 Å². The highest BCUT2D eigenvalue weighted by atomic mass is 35.5. The Hall–Kier alpha value is -1.65. The first-order valence-corrected chi connectivity index (χ1v) is 10.5. The van der Waals surface area contributed by atoms with Crippen LogP contribution in [0.15, 0.2) is 53.4 Å². The monoisotopic (exact) mass is 389 g/mol. The number of benzene rings is 2. The van der Waals surface area contributed by atoms with Crippen LogP contribution in [0.5, 0.6) is 5.75 Å². The second-order valence-corrected chi connectivity index (χ2v) is 8.11. The maximum atomic E-state index is 12.1. The van der Waals surface area contributed by atoms with Gasteiger partial charge >= 0.3 is 0 Å². The Morgan fingerprint density at radius 1 is 1.08 bits per heavy atom. The molecule has 0 atom stereocenters. The molecule has 3 rings (SSSR count). The number of hydrogen-bond donors (Lipinski definition) is 1. The van der Waals surface area contributed by atoms with Crippen molar-refractivity contribution in [3.05, 3.63) is 53.6 Å². The van der Waals surface area contributed by atoms with Crippen molar-refractivity contribution in [2.24, 2.45) is 0 Å². The average Bonchev–Trinajstić information content (AvgIpc) is 3.15. The van der Waals surface area contributed by atoms with Crippen LogP contribution in [0.25, 0.3) is 0 Å². The van der Waals surface area contributed by atoms with Gasteiger partial charge in [-0.2, -0.15) is 0 Å². The van der Waals surface area contributed by atoms with E-state index in [0.717, 1.165) is 41.5 Å². The molecule has 1 aliphatic rings.